The third kappa shape index (κ3) is 3.07. The van der Waals surface area contributed by atoms with Gasteiger partial charge in [0.15, 0.2) is 0 Å². The average Bonchev–Trinajstić information content (AvgIpc) is 2.17. The largest absolute Gasteiger partial charge is 0.417 e. The molecule has 1 nitrogen and oxygen atoms in total. The summed E-state index contributed by atoms with van der Waals surface area (Å²) in [5.41, 5.74) is -3.47. The number of alkyl halides is 6. The van der Waals surface area contributed by atoms with Gasteiger partial charge in [0.25, 0.3) is 0 Å². The van der Waals surface area contributed by atoms with E-state index in [-0.39, 0.29) is 12.1 Å². The molecule has 98 valence electrons. The maximum absolute atomic E-state index is 12.5. The Morgan fingerprint density at radius 1 is 1.00 bits per heavy atom. The lowest BCUT2D eigenvalue weighted by Crippen LogP contribution is -2.13. The Bertz CT molecular complexity index is 497. The molecule has 1 aromatic rings. The first-order chi connectivity index (χ1) is 8.07. The second-order valence-electron chi connectivity index (χ2n) is 3.32. The molecule has 0 bridgehead atoms. The van der Waals surface area contributed by atoms with Gasteiger partial charge in [0.1, 0.15) is 0 Å². The average molecular weight is 288 g/mol. The van der Waals surface area contributed by atoms with Crippen molar-refractivity contribution in [3.05, 3.63) is 33.8 Å². The fourth-order valence-corrected chi connectivity index (χ4v) is 1.60. The molecular formula is C10H4ClF6N. The highest BCUT2D eigenvalue weighted by Crippen LogP contribution is 2.40. The van der Waals surface area contributed by atoms with Crippen molar-refractivity contribution in [1.82, 2.24) is 0 Å². The molecule has 0 aliphatic heterocycles. The van der Waals surface area contributed by atoms with Crippen LogP contribution in [0.3, 0.4) is 0 Å². The number of hydrogen-bond donors (Lipinski definition) is 0. The van der Waals surface area contributed by atoms with Gasteiger partial charge in [-0.3, -0.25) is 0 Å². The molecule has 0 heterocycles. The molecule has 1 rings (SSSR count). The van der Waals surface area contributed by atoms with Gasteiger partial charge >= 0.3 is 12.4 Å². The molecule has 0 aliphatic carbocycles. The minimum atomic E-state index is -4.87. The standard InChI is InChI=1S/C10H4ClF6N/c11-8-4-6(9(12,13)14)5(1-2-18)3-7(8)10(15,16)17/h3-4H,1H2. The molecule has 8 heteroatoms. The second kappa shape index (κ2) is 4.69. The Hall–Kier alpha value is -1.42. The van der Waals surface area contributed by atoms with E-state index in [9.17, 15) is 26.3 Å². The zero-order chi connectivity index (χ0) is 14.1. The lowest BCUT2D eigenvalue weighted by molar-refractivity contribution is -0.141. The maximum atomic E-state index is 12.5. The summed E-state index contributed by atoms with van der Waals surface area (Å²) >= 11 is 5.19. The van der Waals surface area contributed by atoms with Gasteiger partial charge in [-0.25, -0.2) is 0 Å². The van der Waals surface area contributed by atoms with Crippen LogP contribution in [0, 0.1) is 11.3 Å². The van der Waals surface area contributed by atoms with E-state index in [1.165, 1.54) is 6.07 Å². The zero-order valence-electron chi connectivity index (χ0n) is 8.45. The van der Waals surface area contributed by atoms with Crippen molar-refractivity contribution in [3.63, 3.8) is 0 Å². The van der Waals surface area contributed by atoms with Crippen LogP contribution in [0.1, 0.15) is 16.7 Å². The second-order valence-corrected chi connectivity index (χ2v) is 3.73. The SMILES string of the molecule is N#CCc1cc(C(F)(F)F)c(Cl)cc1C(F)(F)F. The van der Waals surface area contributed by atoms with Gasteiger partial charge in [-0.05, 0) is 17.7 Å². The normalized spacial score (nSPS) is 12.3. The first kappa shape index (κ1) is 14.6. The molecule has 0 spiro atoms. The Labute approximate surface area is 103 Å². The topological polar surface area (TPSA) is 23.8 Å². The highest BCUT2D eigenvalue weighted by atomic mass is 35.5. The van der Waals surface area contributed by atoms with Gasteiger partial charge in [0, 0.05) is 0 Å². The van der Waals surface area contributed by atoms with Gasteiger partial charge in [0.05, 0.1) is 28.6 Å². The zero-order valence-corrected chi connectivity index (χ0v) is 9.21. The smallest absolute Gasteiger partial charge is 0.198 e. The van der Waals surface area contributed by atoms with Gasteiger partial charge in [-0.1, -0.05) is 11.6 Å². The van der Waals surface area contributed by atoms with Crippen molar-refractivity contribution in [2.24, 2.45) is 0 Å². The fraction of sp³-hybridized carbons (Fsp3) is 0.300. The summed E-state index contributed by atoms with van der Waals surface area (Å²) in [5, 5.41) is 7.30. The predicted octanol–water partition coefficient (Wildman–Crippen LogP) is 4.44. The lowest BCUT2D eigenvalue weighted by atomic mass is 10.0. The lowest BCUT2D eigenvalue weighted by Gasteiger charge is -2.15. The predicted molar refractivity (Wildman–Crippen MR) is 50.8 cm³/mol. The van der Waals surface area contributed by atoms with Crippen LogP contribution in [-0.2, 0) is 18.8 Å². The van der Waals surface area contributed by atoms with Crippen LogP contribution in [0.2, 0.25) is 5.02 Å². The van der Waals surface area contributed by atoms with E-state index >= 15 is 0 Å². The number of halogens is 7. The maximum Gasteiger partial charge on any atom is 0.417 e. The highest BCUT2D eigenvalue weighted by molar-refractivity contribution is 6.31. The first-order valence-electron chi connectivity index (χ1n) is 4.41. The van der Waals surface area contributed by atoms with Crippen LogP contribution in [0.15, 0.2) is 12.1 Å². The molecule has 0 radical (unpaired) electrons. The quantitative estimate of drug-likeness (QED) is 0.700. The number of benzene rings is 1. The Morgan fingerprint density at radius 3 is 1.89 bits per heavy atom. The number of rotatable bonds is 1. The van der Waals surface area contributed by atoms with Crippen LogP contribution in [-0.4, -0.2) is 0 Å². The van der Waals surface area contributed by atoms with E-state index < -0.39 is 40.5 Å². The summed E-state index contributed by atoms with van der Waals surface area (Å²) in [6, 6.07) is 1.83. The monoisotopic (exact) mass is 287 g/mol. The third-order valence-corrected chi connectivity index (χ3v) is 2.39. The summed E-state index contributed by atoms with van der Waals surface area (Å²) in [6.07, 6.45) is -10.5. The molecule has 0 aromatic heterocycles. The van der Waals surface area contributed by atoms with E-state index in [0.29, 0.717) is 0 Å². The van der Waals surface area contributed by atoms with Crippen molar-refractivity contribution in [3.8, 4) is 6.07 Å². The molecule has 0 saturated carbocycles. The first-order valence-corrected chi connectivity index (χ1v) is 4.79. The van der Waals surface area contributed by atoms with Crippen molar-refractivity contribution in [1.29, 1.82) is 5.26 Å². The van der Waals surface area contributed by atoms with Crippen LogP contribution in [0.25, 0.3) is 0 Å². The van der Waals surface area contributed by atoms with Crippen LogP contribution >= 0.6 is 11.6 Å². The van der Waals surface area contributed by atoms with Gasteiger partial charge in [0.2, 0.25) is 0 Å². The molecule has 0 unspecified atom stereocenters. The van der Waals surface area contributed by atoms with E-state index in [4.69, 9.17) is 16.9 Å². The molecular weight excluding hydrogens is 284 g/mol. The summed E-state index contributed by atoms with van der Waals surface area (Å²) in [4.78, 5) is 0. The van der Waals surface area contributed by atoms with Crippen molar-refractivity contribution in [2.45, 2.75) is 18.8 Å². The minimum absolute atomic E-state index is 0.192. The van der Waals surface area contributed by atoms with E-state index in [0.717, 1.165) is 0 Å². The minimum Gasteiger partial charge on any atom is -0.198 e. The molecule has 0 aliphatic rings. The van der Waals surface area contributed by atoms with E-state index in [1.807, 2.05) is 0 Å². The molecule has 0 amide bonds. The summed E-state index contributed by atoms with van der Waals surface area (Å²) in [5.74, 6) is 0. The fourth-order valence-electron chi connectivity index (χ4n) is 1.33. The Kier molecular flexibility index (Phi) is 3.81. The number of hydrogen-bond acceptors (Lipinski definition) is 1. The molecule has 1 aromatic carbocycles. The molecule has 18 heavy (non-hydrogen) atoms. The number of nitriles is 1. The molecule has 0 fully saturated rings. The van der Waals surface area contributed by atoms with Gasteiger partial charge in [-0.15, -0.1) is 0 Å². The highest BCUT2D eigenvalue weighted by Gasteiger charge is 2.38. The van der Waals surface area contributed by atoms with Gasteiger partial charge in [-0.2, -0.15) is 31.6 Å². The van der Waals surface area contributed by atoms with Crippen LogP contribution < -0.4 is 0 Å². The molecule has 0 N–H and O–H groups in total. The van der Waals surface area contributed by atoms with E-state index in [1.54, 1.807) is 0 Å². The summed E-state index contributed by atoms with van der Waals surface area (Å²) in [6.45, 7) is 0. The van der Waals surface area contributed by atoms with Crippen LogP contribution in [0.4, 0.5) is 26.3 Å². The van der Waals surface area contributed by atoms with Crippen molar-refractivity contribution in [2.75, 3.05) is 0 Å². The van der Waals surface area contributed by atoms with Crippen molar-refractivity contribution >= 4 is 11.6 Å². The molecule has 0 saturated heterocycles. The number of nitrogens with zero attached hydrogens (tertiary/aromatic N) is 1. The third-order valence-electron chi connectivity index (χ3n) is 2.07. The van der Waals surface area contributed by atoms with Gasteiger partial charge < -0.3 is 0 Å². The van der Waals surface area contributed by atoms with E-state index in [2.05, 4.69) is 0 Å². The Morgan fingerprint density at radius 2 is 1.50 bits per heavy atom. The summed E-state index contributed by atoms with van der Waals surface area (Å²) in [7, 11) is 0. The Balaban J connectivity index is 3.50. The van der Waals surface area contributed by atoms with Crippen LogP contribution in [0.5, 0.6) is 0 Å². The molecule has 0 atom stereocenters. The summed E-state index contributed by atoms with van der Waals surface area (Å²) < 4.78 is 74.9. The van der Waals surface area contributed by atoms with Crippen molar-refractivity contribution < 1.29 is 26.3 Å².